The lowest BCUT2D eigenvalue weighted by Gasteiger charge is -2.60. The van der Waals surface area contributed by atoms with Crippen LogP contribution in [0.4, 0.5) is 0 Å². The molecule has 7 nitrogen and oxygen atoms in total. The Hall–Kier alpha value is -0.280. The molecular weight excluding hydrogens is 394 g/mol. The standard InChI is InChI=1S/C24H45N3O4/c1-17-7-8-20-18(2)21(10-16-27-14-5-4-13-26-15-6-12-25)28-22-24(20)19(17)9-11-23(3,29-22)30-31-24/h17-22,26-27H,4-16,25H2,1-3H3/t17-,18-,19+,20+,21-,22-,23-,24-/m1/s1. The van der Waals surface area contributed by atoms with Crippen molar-refractivity contribution in [1.82, 2.24) is 10.6 Å². The maximum absolute atomic E-state index is 6.65. The third kappa shape index (κ3) is 4.84. The van der Waals surface area contributed by atoms with Crippen LogP contribution in [-0.4, -0.2) is 56.5 Å². The van der Waals surface area contributed by atoms with Gasteiger partial charge in [0, 0.05) is 12.3 Å². The smallest absolute Gasteiger partial charge is 0.201 e. The van der Waals surface area contributed by atoms with Crippen LogP contribution in [0.3, 0.4) is 0 Å². The monoisotopic (exact) mass is 439 g/mol. The molecule has 1 saturated carbocycles. The zero-order valence-corrected chi connectivity index (χ0v) is 19.9. The molecule has 4 heterocycles. The van der Waals surface area contributed by atoms with Crippen molar-refractivity contribution in [2.45, 2.75) is 95.9 Å². The Labute approximate surface area is 188 Å². The predicted octanol–water partition coefficient (Wildman–Crippen LogP) is 2.94. The summed E-state index contributed by atoms with van der Waals surface area (Å²) in [6, 6.07) is 0. The largest absolute Gasteiger partial charge is 0.346 e. The van der Waals surface area contributed by atoms with Crippen molar-refractivity contribution in [1.29, 1.82) is 0 Å². The van der Waals surface area contributed by atoms with Crippen molar-refractivity contribution in [2.75, 3.05) is 32.7 Å². The fourth-order valence-electron chi connectivity index (χ4n) is 6.53. The summed E-state index contributed by atoms with van der Waals surface area (Å²) in [4.78, 5) is 12.1. The van der Waals surface area contributed by atoms with E-state index in [-0.39, 0.29) is 12.4 Å². The summed E-state index contributed by atoms with van der Waals surface area (Å²) in [5, 5.41) is 7.06. The minimum atomic E-state index is -0.681. The molecule has 7 heteroatoms. The second-order valence-corrected chi connectivity index (χ2v) is 10.6. The first-order valence-electron chi connectivity index (χ1n) is 12.8. The first-order valence-corrected chi connectivity index (χ1v) is 12.8. The lowest BCUT2D eigenvalue weighted by molar-refractivity contribution is -0.571. The van der Waals surface area contributed by atoms with Gasteiger partial charge in [-0.15, -0.1) is 0 Å². The normalized spacial score (nSPS) is 44.1. The molecule has 0 aromatic rings. The van der Waals surface area contributed by atoms with Gasteiger partial charge < -0.3 is 25.8 Å². The van der Waals surface area contributed by atoms with Gasteiger partial charge in [-0.05, 0) is 102 Å². The lowest BCUT2D eigenvalue weighted by Crippen LogP contribution is -2.70. The third-order valence-corrected chi connectivity index (χ3v) is 8.42. The Balaban J connectivity index is 1.27. The van der Waals surface area contributed by atoms with E-state index < -0.39 is 11.4 Å². The summed E-state index contributed by atoms with van der Waals surface area (Å²) < 4.78 is 13.1. The van der Waals surface area contributed by atoms with Gasteiger partial charge in [0.05, 0.1) is 6.10 Å². The van der Waals surface area contributed by atoms with Gasteiger partial charge in [-0.25, -0.2) is 9.78 Å². The van der Waals surface area contributed by atoms with E-state index in [2.05, 4.69) is 24.5 Å². The van der Waals surface area contributed by atoms with E-state index in [9.17, 15) is 0 Å². The molecule has 0 radical (unpaired) electrons. The molecule has 31 heavy (non-hydrogen) atoms. The maximum Gasteiger partial charge on any atom is 0.201 e. The first kappa shape index (κ1) is 23.9. The molecule has 4 aliphatic heterocycles. The minimum absolute atomic E-state index is 0.201. The SMILES string of the molecule is C[C@H]1[C@@H](CCNCCCCNCCCN)O[C@@H]2O[C@@]3(C)CC[C@H]4[C@H](C)CC[C@@H]1[C@@]24OO3. The topological polar surface area (TPSA) is 87.0 Å². The van der Waals surface area contributed by atoms with E-state index in [1.165, 1.54) is 25.7 Å². The summed E-state index contributed by atoms with van der Waals surface area (Å²) in [5.41, 5.74) is 5.08. The maximum atomic E-state index is 6.65. The van der Waals surface area contributed by atoms with Crippen LogP contribution in [-0.2, 0) is 19.2 Å². The van der Waals surface area contributed by atoms with Crippen LogP contribution in [0.5, 0.6) is 0 Å². The van der Waals surface area contributed by atoms with E-state index in [0.29, 0.717) is 23.7 Å². The number of hydrogen-bond acceptors (Lipinski definition) is 7. The highest BCUT2D eigenvalue weighted by atomic mass is 17.3. The fraction of sp³-hybridized carbons (Fsp3) is 1.00. The Kier molecular flexibility index (Phi) is 7.95. The highest BCUT2D eigenvalue weighted by molar-refractivity contribution is 5.09. The molecular formula is C24H45N3O4. The molecule has 4 saturated heterocycles. The fourth-order valence-corrected chi connectivity index (χ4v) is 6.53. The van der Waals surface area contributed by atoms with Crippen LogP contribution < -0.4 is 16.4 Å². The zero-order chi connectivity index (χ0) is 21.9. The Morgan fingerprint density at radius 2 is 1.65 bits per heavy atom. The summed E-state index contributed by atoms with van der Waals surface area (Å²) in [6.45, 7) is 11.6. The molecule has 0 unspecified atom stereocenters. The van der Waals surface area contributed by atoms with Gasteiger partial charge in [0.25, 0.3) is 0 Å². The highest BCUT2D eigenvalue weighted by Gasteiger charge is 2.69. The number of unbranched alkanes of at least 4 members (excludes halogenated alkanes) is 1. The number of rotatable bonds is 11. The molecule has 2 bridgehead atoms. The van der Waals surface area contributed by atoms with Crippen LogP contribution in [0, 0.1) is 23.7 Å². The lowest BCUT2D eigenvalue weighted by atomic mass is 9.57. The summed E-state index contributed by atoms with van der Waals surface area (Å²) >= 11 is 0. The van der Waals surface area contributed by atoms with Crippen molar-refractivity contribution < 1.29 is 19.2 Å². The van der Waals surface area contributed by atoms with E-state index in [0.717, 1.165) is 58.4 Å². The average Bonchev–Trinajstić information content (AvgIpc) is 2.99. The van der Waals surface area contributed by atoms with Crippen molar-refractivity contribution >= 4 is 0 Å². The summed E-state index contributed by atoms with van der Waals surface area (Å²) in [6.07, 6.45) is 8.74. The Morgan fingerprint density at radius 1 is 0.903 bits per heavy atom. The molecule has 8 atom stereocenters. The highest BCUT2D eigenvalue weighted by Crippen LogP contribution is 2.60. The van der Waals surface area contributed by atoms with Gasteiger partial charge in [-0.1, -0.05) is 13.8 Å². The van der Waals surface area contributed by atoms with Gasteiger partial charge in [0.2, 0.25) is 5.79 Å². The number of nitrogens with one attached hydrogen (secondary N) is 2. The minimum Gasteiger partial charge on any atom is -0.346 e. The Bertz CT molecular complexity index is 581. The van der Waals surface area contributed by atoms with Crippen LogP contribution in [0.1, 0.15) is 72.1 Å². The second kappa shape index (κ2) is 10.3. The van der Waals surface area contributed by atoms with E-state index in [1.54, 1.807) is 0 Å². The molecule has 4 N–H and O–H groups in total. The Morgan fingerprint density at radius 3 is 2.42 bits per heavy atom. The molecule has 180 valence electrons. The van der Waals surface area contributed by atoms with Crippen LogP contribution >= 0.6 is 0 Å². The van der Waals surface area contributed by atoms with E-state index >= 15 is 0 Å². The quantitative estimate of drug-likeness (QED) is 0.337. The van der Waals surface area contributed by atoms with Crippen molar-refractivity contribution in [3.8, 4) is 0 Å². The van der Waals surface area contributed by atoms with Gasteiger partial charge >= 0.3 is 0 Å². The van der Waals surface area contributed by atoms with Crippen molar-refractivity contribution in [2.24, 2.45) is 29.4 Å². The van der Waals surface area contributed by atoms with Gasteiger partial charge in [-0.3, -0.25) is 0 Å². The molecule has 0 aromatic heterocycles. The van der Waals surface area contributed by atoms with E-state index in [1.807, 2.05) is 6.92 Å². The number of nitrogens with two attached hydrogens (primary N) is 1. The molecule has 5 rings (SSSR count). The summed E-state index contributed by atoms with van der Waals surface area (Å²) in [7, 11) is 0. The molecule has 0 aromatic carbocycles. The van der Waals surface area contributed by atoms with Crippen molar-refractivity contribution in [3.05, 3.63) is 0 Å². The van der Waals surface area contributed by atoms with Gasteiger partial charge in [0.15, 0.2) is 11.9 Å². The average molecular weight is 440 g/mol. The number of ether oxygens (including phenoxy) is 2. The van der Waals surface area contributed by atoms with Crippen LogP contribution in [0.25, 0.3) is 0 Å². The van der Waals surface area contributed by atoms with Crippen LogP contribution in [0.2, 0.25) is 0 Å². The van der Waals surface area contributed by atoms with Gasteiger partial charge in [-0.2, -0.15) is 0 Å². The molecule has 1 spiro atoms. The number of hydrogen-bond donors (Lipinski definition) is 3. The van der Waals surface area contributed by atoms with E-state index in [4.69, 9.17) is 25.0 Å². The second-order valence-electron chi connectivity index (χ2n) is 10.6. The molecule has 1 aliphatic carbocycles. The zero-order valence-electron chi connectivity index (χ0n) is 19.9. The van der Waals surface area contributed by atoms with Crippen LogP contribution in [0.15, 0.2) is 0 Å². The summed E-state index contributed by atoms with van der Waals surface area (Å²) in [5.74, 6) is 1.25. The molecule has 5 aliphatic rings. The van der Waals surface area contributed by atoms with Crippen molar-refractivity contribution in [3.63, 3.8) is 0 Å². The van der Waals surface area contributed by atoms with Gasteiger partial charge in [0.1, 0.15) is 0 Å². The predicted molar refractivity (Wildman–Crippen MR) is 120 cm³/mol. The number of fused-ring (bicyclic) bond motifs is 2. The molecule has 5 fully saturated rings. The molecule has 0 amide bonds. The first-order chi connectivity index (χ1) is 15.0. The third-order valence-electron chi connectivity index (χ3n) is 8.42.